The fourth-order valence-electron chi connectivity index (χ4n) is 1.95. The highest BCUT2D eigenvalue weighted by atomic mass is 19.1. The Bertz CT molecular complexity index is 548. The maximum Gasteiger partial charge on any atom is 0.253 e. The number of hydrogen-bond acceptors (Lipinski definition) is 1. The first-order valence-electron chi connectivity index (χ1n) is 6.27. The molecule has 1 heterocycles. The molecule has 0 bridgehead atoms. The van der Waals surface area contributed by atoms with Gasteiger partial charge in [0.2, 0.25) is 0 Å². The lowest BCUT2D eigenvalue weighted by atomic mass is 10.1. The molecule has 0 atom stereocenters. The van der Waals surface area contributed by atoms with Crippen molar-refractivity contribution < 1.29 is 9.18 Å². The summed E-state index contributed by atoms with van der Waals surface area (Å²) < 4.78 is 13.2. The number of H-pyrrole nitrogens is 1. The van der Waals surface area contributed by atoms with Crippen LogP contribution in [0.15, 0.2) is 24.4 Å². The molecule has 2 aromatic rings. The lowest BCUT2D eigenvalue weighted by Crippen LogP contribution is -2.24. The van der Waals surface area contributed by atoms with Crippen LogP contribution in [0.1, 0.15) is 36.5 Å². The zero-order chi connectivity index (χ0) is 13.0. The van der Waals surface area contributed by atoms with Gasteiger partial charge in [-0.1, -0.05) is 19.8 Å². The topological polar surface area (TPSA) is 44.9 Å². The van der Waals surface area contributed by atoms with E-state index in [0.29, 0.717) is 17.5 Å². The van der Waals surface area contributed by atoms with Crippen molar-refractivity contribution in [1.29, 1.82) is 0 Å². The van der Waals surface area contributed by atoms with Crippen molar-refractivity contribution in [2.45, 2.75) is 26.2 Å². The second kappa shape index (κ2) is 5.67. The predicted molar refractivity (Wildman–Crippen MR) is 70.1 cm³/mol. The van der Waals surface area contributed by atoms with Crippen molar-refractivity contribution in [2.24, 2.45) is 0 Å². The third-order valence-corrected chi connectivity index (χ3v) is 2.95. The van der Waals surface area contributed by atoms with Gasteiger partial charge in [-0.05, 0) is 24.6 Å². The number of amides is 1. The zero-order valence-electron chi connectivity index (χ0n) is 10.4. The quantitative estimate of drug-likeness (QED) is 0.784. The van der Waals surface area contributed by atoms with Gasteiger partial charge >= 0.3 is 0 Å². The molecule has 3 nitrogen and oxygen atoms in total. The van der Waals surface area contributed by atoms with Crippen molar-refractivity contribution in [2.75, 3.05) is 6.54 Å². The van der Waals surface area contributed by atoms with Gasteiger partial charge in [-0.25, -0.2) is 4.39 Å². The predicted octanol–water partition coefficient (Wildman–Crippen LogP) is 3.23. The van der Waals surface area contributed by atoms with Crippen LogP contribution in [0.5, 0.6) is 0 Å². The van der Waals surface area contributed by atoms with Crippen LogP contribution in [0, 0.1) is 5.82 Å². The number of aromatic nitrogens is 1. The number of rotatable bonds is 5. The molecule has 4 heteroatoms. The van der Waals surface area contributed by atoms with E-state index in [0.717, 1.165) is 24.8 Å². The number of fused-ring (bicyclic) bond motifs is 1. The van der Waals surface area contributed by atoms with E-state index in [1.54, 1.807) is 12.3 Å². The molecule has 0 fully saturated rings. The molecule has 1 amide bonds. The number of benzene rings is 1. The molecular weight excluding hydrogens is 231 g/mol. The molecule has 0 aliphatic rings. The van der Waals surface area contributed by atoms with E-state index in [9.17, 15) is 9.18 Å². The van der Waals surface area contributed by atoms with E-state index in [4.69, 9.17) is 0 Å². The molecule has 0 spiro atoms. The summed E-state index contributed by atoms with van der Waals surface area (Å²) in [6, 6.07) is 4.40. The third kappa shape index (κ3) is 2.70. The largest absolute Gasteiger partial charge is 0.360 e. The highest BCUT2D eigenvalue weighted by Gasteiger charge is 2.11. The summed E-state index contributed by atoms with van der Waals surface area (Å²) in [5, 5.41) is 3.48. The molecule has 0 saturated heterocycles. The fourth-order valence-corrected chi connectivity index (χ4v) is 1.95. The second-order valence-electron chi connectivity index (χ2n) is 4.36. The Morgan fingerprint density at radius 3 is 3.00 bits per heavy atom. The summed E-state index contributed by atoms with van der Waals surface area (Å²) >= 11 is 0. The Labute approximate surface area is 105 Å². The molecule has 0 radical (unpaired) electrons. The van der Waals surface area contributed by atoms with E-state index in [2.05, 4.69) is 17.2 Å². The van der Waals surface area contributed by atoms with Gasteiger partial charge in [-0.15, -0.1) is 0 Å². The molecule has 1 aromatic heterocycles. The average Bonchev–Trinajstić information content (AvgIpc) is 2.77. The number of halogens is 1. The third-order valence-electron chi connectivity index (χ3n) is 2.95. The van der Waals surface area contributed by atoms with E-state index >= 15 is 0 Å². The van der Waals surface area contributed by atoms with Gasteiger partial charge in [0.05, 0.1) is 5.56 Å². The molecule has 0 unspecified atom stereocenters. The number of aromatic amines is 1. The number of nitrogens with one attached hydrogen (secondary N) is 2. The Kier molecular flexibility index (Phi) is 3.97. The Balaban J connectivity index is 2.10. The summed E-state index contributed by atoms with van der Waals surface area (Å²) in [5.74, 6) is -0.481. The molecule has 18 heavy (non-hydrogen) atoms. The summed E-state index contributed by atoms with van der Waals surface area (Å²) in [6.07, 6.45) is 4.81. The van der Waals surface area contributed by atoms with Gasteiger partial charge in [0.1, 0.15) is 5.82 Å². The van der Waals surface area contributed by atoms with Gasteiger partial charge in [0.25, 0.3) is 5.91 Å². The SMILES string of the molecule is CCCCCNC(=O)c1c[nH]c2ccc(F)cc12. The summed E-state index contributed by atoms with van der Waals surface area (Å²) in [6.45, 7) is 2.78. The molecule has 2 N–H and O–H groups in total. The van der Waals surface area contributed by atoms with Gasteiger partial charge < -0.3 is 10.3 Å². The van der Waals surface area contributed by atoms with Crippen LogP contribution in [-0.2, 0) is 0 Å². The second-order valence-corrected chi connectivity index (χ2v) is 4.36. The molecular formula is C14H17FN2O. The van der Waals surface area contributed by atoms with Gasteiger partial charge in [0.15, 0.2) is 0 Å². The van der Waals surface area contributed by atoms with Crippen molar-refractivity contribution >= 4 is 16.8 Å². The van der Waals surface area contributed by atoms with Crippen LogP contribution < -0.4 is 5.32 Å². The van der Waals surface area contributed by atoms with E-state index < -0.39 is 0 Å². The van der Waals surface area contributed by atoms with Crippen LogP contribution in [0.4, 0.5) is 4.39 Å². The minimum atomic E-state index is -0.331. The monoisotopic (exact) mass is 248 g/mol. The van der Waals surface area contributed by atoms with Crippen molar-refractivity contribution in [1.82, 2.24) is 10.3 Å². The summed E-state index contributed by atoms with van der Waals surface area (Å²) in [4.78, 5) is 14.9. The fraction of sp³-hybridized carbons (Fsp3) is 0.357. The van der Waals surface area contributed by atoms with Gasteiger partial charge in [-0.3, -0.25) is 4.79 Å². The molecule has 0 aliphatic heterocycles. The molecule has 0 saturated carbocycles. The first-order valence-corrected chi connectivity index (χ1v) is 6.27. The highest BCUT2D eigenvalue weighted by molar-refractivity contribution is 6.06. The number of hydrogen-bond donors (Lipinski definition) is 2. The number of carbonyl (C=O) groups is 1. The van der Waals surface area contributed by atoms with E-state index in [1.807, 2.05) is 0 Å². The standard InChI is InChI=1S/C14H17FN2O/c1-2-3-4-7-16-14(18)12-9-17-13-6-5-10(15)8-11(12)13/h5-6,8-9,17H,2-4,7H2,1H3,(H,16,18). The van der Waals surface area contributed by atoms with Crippen molar-refractivity contribution in [3.05, 3.63) is 35.8 Å². The normalized spacial score (nSPS) is 10.8. The molecule has 2 rings (SSSR count). The number of unbranched alkanes of at least 4 members (excludes halogenated alkanes) is 2. The lowest BCUT2D eigenvalue weighted by Gasteiger charge is -2.03. The van der Waals surface area contributed by atoms with E-state index in [1.165, 1.54) is 12.1 Å². The summed E-state index contributed by atoms with van der Waals surface area (Å²) in [5.41, 5.74) is 1.27. The molecule has 0 aliphatic carbocycles. The van der Waals surface area contributed by atoms with Gasteiger partial charge in [-0.2, -0.15) is 0 Å². The first kappa shape index (κ1) is 12.6. The summed E-state index contributed by atoms with van der Waals surface area (Å²) in [7, 11) is 0. The minimum absolute atomic E-state index is 0.150. The van der Waals surface area contributed by atoms with E-state index in [-0.39, 0.29) is 11.7 Å². The first-order chi connectivity index (χ1) is 8.72. The average molecular weight is 248 g/mol. The maximum atomic E-state index is 13.2. The Morgan fingerprint density at radius 1 is 1.39 bits per heavy atom. The van der Waals surface area contributed by atoms with Gasteiger partial charge in [0, 0.05) is 23.6 Å². The zero-order valence-corrected chi connectivity index (χ0v) is 10.4. The number of carbonyl (C=O) groups excluding carboxylic acids is 1. The van der Waals surface area contributed by atoms with Crippen LogP contribution in [0.2, 0.25) is 0 Å². The Hall–Kier alpha value is -1.84. The molecule has 96 valence electrons. The van der Waals surface area contributed by atoms with Crippen LogP contribution >= 0.6 is 0 Å². The van der Waals surface area contributed by atoms with Crippen molar-refractivity contribution in [3.8, 4) is 0 Å². The Morgan fingerprint density at radius 2 is 2.22 bits per heavy atom. The minimum Gasteiger partial charge on any atom is -0.360 e. The van der Waals surface area contributed by atoms with Crippen LogP contribution in [0.25, 0.3) is 10.9 Å². The molecule has 1 aromatic carbocycles. The van der Waals surface area contributed by atoms with Crippen LogP contribution in [-0.4, -0.2) is 17.4 Å². The van der Waals surface area contributed by atoms with Crippen molar-refractivity contribution in [3.63, 3.8) is 0 Å². The highest BCUT2D eigenvalue weighted by Crippen LogP contribution is 2.19. The van der Waals surface area contributed by atoms with Crippen LogP contribution in [0.3, 0.4) is 0 Å². The smallest absolute Gasteiger partial charge is 0.253 e. The maximum absolute atomic E-state index is 13.2. The lowest BCUT2D eigenvalue weighted by molar-refractivity contribution is 0.0954.